The van der Waals surface area contributed by atoms with E-state index in [0.717, 1.165) is 15.6 Å². The number of halogens is 1. The highest BCUT2D eigenvalue weighted by Gasteiger charge is 2.55. The number of aliphatic hydroxyl groups is 1. The lowest BCUT2D eigenvalue weighted by Crippen LogP contribution is -2.47. The molecule has 0 unspecified atom stereocenters. The topological polar surface area (TPSA) is 57.6 Å². The molecule has 170 valence electrons. The van der Waals surface area contributed by atoms with Crippen LogP contribution in [0.4, 0.5) is 5.69 Å². The molecular weight excluding hydrogens is 478 g/mol. The molecule has 1 heterocycles. The standard InChI is InChI=1S/C28H28BrNO3/c1-17(2)21-11-10-18(3)22(14-21)16-30-25-13-12-23(29)15-24(25)28(33,27(30)32)19(4)26(31)20-8-6-5-7-9-20/h5-15,17,19,33H,16H2,1-4H3/t19-,28+/m0/s1. The minimum Gasteiger partial charge on any atom is -0.375 e. The van der Waals surface area contributed by atoms with Gasteiger partial charge in [0, 0.05) is 15.6 Å². The number of amides is 1. The highest BCUT2D eigenvalue weighted by Crippen LogP contribution is 2.47. The molecule has 1 N–H and O–H groups in total. The van der Waals surface area contributed by atoms with Crippen LogP contribution in [0.25, 0.3) is 0 Å². The van der Waals surface area contributed by atoms with Crippen LogP contribution in [0.2, 0.25) is 0 Å². The molecule has 0 aliphatic carbocycles. The van der Waals surface area contributed by atoms with E-state index in [9.17, 15) is 14.7 Å². The number of anilines is 1. The van der Waals surface area contributed by atoms with Crippen LogP contribution in [-0.2, 0) is 16.9 Å². The summed E-state index contributed by atoms with van der Waals surface area (Å²) in [4.78, 5) is 28.7. The number of hydrogen-bond donors (Lipinski definition) is 1. The summed E-state index contributed by atoms with van der Waals surface area (Å²) in [7, 11) is 0. The van der Waals surface area contributed by atoms with E-state index >= 15 is 0 Å². The number of rotatable bonds is 6. The lowest BCUT2D eigenvalue weighted by atomic mass is 9.79. The average Bonchev–Trinajstić information content (AvgIpc) is 3.02. The molecule has 0 fully saturated rings. The van der Waals surface area contributed by atoms with Crippen molar-refractivity contribution >= 4 is 33.3 Å². The van der Waals surface area contributed by atoms with Crippen molar-refractivity contribution in [3.8, 4) is 0 Å². The average molecular weight is 506 g/mol. The van der Waals surface area contributed by atoms with Crippen LogP contribution in [0.5, 0.6) is 0 Å². The third kappa shape index (κ3) is 4.04. The van der Waals surface area contributed by atoms with Gasteiger partial charge in [-0.2, -0.15) is 0 Å². The maximum atomic E-state index is 13.8. The normalized spacial score (nSPS) is 18.5. The molecule has 0 saturated heterocycles. The number of Topliss-reactive ketones (excluding diaryl/α,β-unsaturated/α-hetero) is 1. The molecule has 1 amide bonds. The number of hydrogen-bond acceptors (Lipinski definition) is 3. The van der Waals surface area contributed by atoms with Gasteiger partial charge in [0.1, 0.15) is 0 Å². The van der Waals surface area contributed by atoms with E-state index in [1.165, 1.54) is 5.56 Å². The lowest BCUT2D eigenvalue weighted by molar-refractivity contribution is -0.139. The molecule has 1 aliphatic heterocycles. The van der Waals surface area contributed by atoms with Crippen molar-refractivity contribution in [2.24, 2.45) is 5.92 Å². The largest absolute Gasteiger partial charge is 0.375 e. The third-order valence-electron chi connectivity index (χ3n) is 6.68. The van der Waals surface area contributed by atoms with Crippen molar-refractivity contribution in [3.63, 3.8) is 0 Å². The molecule has 0 saturated carbocycles. The first-order valence-electron chi connectivity index (χ1n) is 11.2. The van der Waals surface area contributed by atoms with E-state index in [2.05, 4.69) is 48.0 Å². The van der Waals surface area contributed by atoms with Gasteiger partial charge in [-0.25, -0.2) is 0 Å². The van der Waals surface area contributed by atoms with E-state index in [0.29, 0.717) is 29.3 Å². The number of nitrogens with zero attached hydrogens (tertiary/aromatic N) is 1. The SMILES string of the molecule is Cc1ccc(C(C)C)cc1CN1C(=O)[C@@](O)([C@@H](C)C(=O)c2ccccc2)c2cc(Br)ccc21. The Morgan fingerprint density at radius 1 is 1.03 bits per heavy atom. The van der Waals surface area contributed by atoms with Crippen LogP contribution in [0.3, 0.4) is 0 Å². The minimum absolute atomic E-state index is 0.266. The first kappa shape index (κ1) is 23.4. The summed E-state index contributed by atoms with van der Waals surface area (Å²) in [5.74, 6) is -1.32. The second-order valence-electron chi connectivity index (χ2n) is 9.11. The Bertz CT molecular complexity index is 1220. The molecule has 4 nitrogen and oxygen atoms in total. The minimum atomic E-state index is -1.95. The number of aryl methyl sites for hydroxylation is 1. The number of ketones is 1. The molecule has 0 radical (unpaired) electrons. The molecule has 3 aromatic rings. The smallest absolute Gasteiger partial charge is 0.264 e. The second kappa shape index (κ2) is 8.88. The van der Waals surface area contributed by atoms with Crippen molar-refractivity contribution < 1.29 is 14.7 Å². The van der Waals surface area contributed by atoms with E-state index < -0.39 is 17.4 Å². The van der Waals surface area contributed by atoms with Gasteiger partial charge in [0.25, 0.3) is 5.91 Å². The zero-order valence-electron chi connectivity index (χ0n) is 19.3. The van der Waals surface area contributed by atoms with Gasteiger partial charge in [-0.05, 0) is 47.7 Å². The van der Waals surface area contributed by atoms with Gasteiger partial charge in [-0.3, -0.25) is 9.59 Å². The first-order valence-corrected chi connectivity index (χ1v) is 12.0. The van der Waals surface area contributed by atoms with Crippen molar-refractivity contribution in [3.05, 3.63) is 99.0 Å². The van der Waals surface area contributed by atoms with Crippen LogP contribution in [0.1, 0.15) is 59.3 Å². The lowest BCUT2D eigenvalue weighted by Gasteiger charge is -2.29. The summed E-state index contributed by atoms with van der Waals surface area (Å²) < 4.78 is 0.742. The van der Waals surface area contributed by atoms with Gasteiger partial charge in [-0.15, -0.1) is 0 Å². The Morgan fingerprint density at radius 2 is 1.73 bits per heavy atom. The molecule has 0 aromatic heterocycles. The van der Waals surface area contributed by atoms with Crippen LogP contribution in [0, 0.1) is 12.8 Å². The predicted molar refractivity (Wildman–Crippen MR) is 134 cm³/mol. The molecule has 0 spiro atoms. The summed E-state index contributed by atoms with van der Waals surface area (Å²) in [5.41, 5.74) is 2.91. The molecular formula is C28H28BrNO3. The van der Waals surface area contributed by atoms with Gasteiger partial charge in [-0.1, -0.05) is 85.2 Å². The zero-order chi connectivity index (χ0) is 23.9. The quantitative estimate of drug-likeness (QED) is 0.409. The van der Waals surface area contributed by atoms with Crippen molar-refractivity contribution in [2.75, 3.05) is 4.90 Å². The fourth-order valence-electron chi connectivity index (χ4n) is 4.49. The van der Waals surface area contributed by atoms with Gasteiger partial charge in [0.15, 0.2) is 11.4 Å². The van der Waals surface area contributed by atoms with E-state index in [1.807, 2.05) is 25.1 Å². The number of benzene rings is 3. The monoisotopic (exact) mass is 505 g/mol. The molecule has 2 atom stereocenters. The maximum Gasteiger partial charge on any atom is 0.264 e. The Kier molecular flexibility index (Phi) is 6.30. The molecule has 33 heavy (non-hydrogen) atoms. The molecule has 0 bridgehead atoms. The first-order chi connectivity index (χ1) is 15.6. The molecule has 3 aromatic carbocycles. The summed E-state index contributed by atoms with van der Waals surface area (Å²) in [6.07, 6.45) is 0. The van der Waals surface area contributed by atoms with Crippen molar-refractivity contribution in [1.82, 2.24) is 0 Å². The van der Waals surface area contributed by atoms with Gasteiger partial charge in [0.2, 0.25) is 0 Å². The molecule has 1 aliphatic rings. The molecule has 5 heteroatoms. The highest BCUT2D eigenvalue weighted by molar-refractivity contribution is 9.10. The van der Waals surface area contributed by atoms with Gasteiger partial charge < -0.3 is 10.0 Å². The van der Waals surface area contributed by atoms with Crippen molar-refractivity contribution in [2.45, 2.75) is 45.8 Å². The fraction of sp³-hybridized carbons (Fsp3) is 0.286. The Morgan fingerprint density at radius 3 is 2.39 bits per heavy atom. The second-order valence-corrected chi connectivity index (χ2v) is 10.0. The number of carbonyl (C=O) groups excluding carboxylic acids is 2. The van der Waals surface area contributed by atoms with Crippen LogP contribution < -0.4 is 4.90 Å². The Hall–Kier alpha value is -2.76. The fourth-order valence-corrected chi connectivity index (χ4v) is 4.85. The van der Waals surface area contributed by atoms with Crippen molar-refractivity contribution in [1.29, 1.82) is 0 Å². The Balaban J connectivity index is 1.78. The maximum absolute atomic E-state index is 13.8. The summed E-state index contributed by atoms with van der Waals surface area (Å²) in [6.45, 7) is 8.26. The molecule has 4 rings (SSSR count). The zero-order valence-corrected chi connectivity index (χ0v) is 20.9. The summed E-state index contributed by atoms with van der Waals surface area (Å²) in [5, 5.41) is 11.9. The predicted octanol–water partition coefficient (Wildman–Crippen LogP) is 6.13. The van der Waals surface area contributed by atoms with Gasteiger partial charge in [0.05, 0.1) is 18.2 Å². The van der Waals surface area contributed by atoms with Crippen LogP contribution in [-0.4, -0.2) is 16.8 Å². The summed E-state index contributed by atoms with van der Waals surface area (Å²) in [6, 6.07) is 20.6. The van der Waals surface area contributed by atoms with Gasteiger partial charge >= 0.3 is 0 Å². The highest BCUT2D eigenvalue weighted by atomic mass is 79.9. The Labute approximate surface area is 203 Å². The summed E-state index contributed by atoms with van der Waals surface area (Å²) >= 11 is 3.47. The van der Waals surface area contributed by atoms with E-state index in [4.69, 9.17) is 0 Å². The van der Waals surface area contributed by atoms with E-state index in [1.54, 1.807) is 42.2 Å². The van der Waals surface area contributed by atoms with E-state index in [-0.39, 0.29) is 5.78 Å². The van der Waals surface area contributed by atoms with Crippen LogP contribution >= 0.6 is 15.9 Å². The number of fused-ring (bicyclic) bond motifs is 1. The van der Waals surface area contributed by atoms with Crippen LogP contribution in [0.15, 0.2) is 71.2 Å². The third-order valence-corrected chi connectivity index (χ3v) is 7.17. The number of carbonyl (C=O) groups is 2.